The van der Waals surface area contributed by atoms with Crippen LogP contribution >= 0.6 is 0 Å². The van der Waals surface area contributed by atoms with Gasteiger partial charge in [0.2, 0.25) is 5.78 Å². The quantitative estimate of drug-likeness (QED) is 0.684. The molecule has 2 aromatic carbocycles. The third kappa shape index (κ3) is 3.30. The molecule has 3 heterocycles. The summed E-state index contributed by atoms with van der Waals surface area (Å²) in [5.41, 5.74) is 2.56. The zero-order chi connectivity index (χ0) is 21.0. The van der Waals surface area contributed by atoms with Crippen molar-refractivity contribution in [3.63, 3.8) is 0 Å². The summed E-state index contributed by atoms with van der Waals surface area (Å²) in [7, 11) is -2.99. The van der Waals surface area contributed by atoms with Gasteiger partial charge in [-0.05, 0) is 43.2 Å². The number of halogens is 1. The molecule has 0 N–H and O–H groups in total. The molecule has 6 nitrogen and oxygen atoms in total. The van der Waals surface area contributed by atoms with Crippen molar-refractivity contribution in [3.05, 3.63) is 64.2 Å². The van der Waals surface area contributed by atoms with Gasteiger partial charge in [-0.15, -0.1) is 0 Å². The fourth-order valence-electron chi connectivity index (χ4n) is 4.31. The Morgan fingerprint density at radius 1 is 1.23 bits per heavy atom. The monoisotopic (exact) mass is 429 g/mol. The van der Waals surface area contributed by atoms with Crippen LogP contribution in [-0.4, -0.2) is 43.4 Å². The number of allylic oxidation sites excluding steroid dienone is 1. The third-order valence-corrected chi connectivity index (χ3v) is 7.59. The minimum atomic E-state index is -2.99. The number of Topliss-reactive ketones (excluding diaryl/α,β-unsaturated/α-hetero) is 1. The molecule has 156 valence electrons. The number of nitrogens with zero attached hydrogens (tertiary/aromatic N) is 1. The number of sulfone groups is 1. The Labute approximate surface area is 173 Å². The topological polar surface area (TPSA) is 72.9 Å². The number of hydrogen-bond acceptors (Lipinski definition) is 6. The van der Waals surface area contributed by atoms with E-state index in [2.05, 4.69) is 0 Å². The van der Waals surface area contributed by atoms with Gasteiger partial charge in [-0.3, -0.25) is 9.69 Å². The number of ketones is 1. The summed E-state index contributed by atoms with van der Waals surface area (Å²) in [6.07, 6.45) is 2.12. The molecular formula is C22H20FNO5S. The van der Waals surface area contributed by atoms with E-state index in [0.29, 0.717) is 42.3 Å². The number of rotatable bonds is 2. The molecule has 3 aliphatic heterocycles. The van der Waals surface area contributed by atoms with Crippen molar-refractivity contribution in [2.75, 3.05) is 18.2 Å². The van der Waals surface area contributed by atoms with E-state index >= 15 is 0 Å². The maximum Gasteiger partial charge on any atom is 0.231 e. The van der Waals surface area contributed by atoms with E-state index in [1.54, 1.807) is 18.2 Å². The van der Waals surface area contributed by atoms with Crippen LogP contribution in [-0.2, 0) is 16.4 Å². The average molecular weight is 429 g/mol. The van der Waals surface area contributed by atoms with Crippen molar-refractivity contribution in [1.82, 2.24) is 4.90 Å². The molecule has 2 aromatic rings. The molecule has 0 radical (unpaired) electrons. The molecule has 0 bridgehead atoms. The lowest BCUT2D eigenvalue weighted by molar-refractivity contribution is 0.0637. The molecule has 30 heavy (non-hydrogen) atoms. The first-order chi connectivity index (χ1) is 14.3. The van der Waals surface area contributed by atoms with Gasteiger partial charge in [-0.25, -0.2) is 12.8 Å². The summed E-state index contributed by atoms with van der Waals surface area (Å²) in [6, 6.07) is 7.63. The Morgan fingerprint density at radius 3 is 2.80 bits per heavy atom. The van der Waals surface area contributed by atoms with Crippen LogP contribution in [0.4, 0.5) is 4.39 Å². The molecule has 5 rings (SSSR count). The fourth-order valence-corrected chi connectivity index (χ4v) is 6.07. The van der Waals surface area contributed by atoms with Crippen molar-refractivity contribution in [2.45, 2.75) is 25.9 Å². The second kappa shape index (κ2) is 6.92. The molecule has 3 aliphatic rings. The number of hydrogen-bond donors (Lipinski definition) is 0. The Bertz CT molecular complexity index is 1200. The first-order valence-electron chi connectivity index (χ1n) is 9.74. The highest BCUT2D eigenvalue weighted by atomic mass is 32.2. The summed E-state index contributed by atoms with van der Waals surface area (Å²) in [6.45, 7) is 2.65. The zero-order valence-corrected chi connectivity index (χ0v) is 17.2. The number of fused-ring (bicyclic) bond motifs is 2. The number of carbonyl (C=O) groups is 1. The Hall–Kier alpha value is -2.71. The summed E-state index contributed by atoms with van der Waals surface area (Å²) in [5.74, 6) is 0.953. The first-order valence-corrected chi connectivity index (χ1v) is 11.6. The first kappa shape index (κ1) is 19.3. The molecular weight excluding hydrogens is 409 g/mol. The number of carbonyl (C=O) groups excluding carboxylic acids is 1. The van der Waals surface area contributed by atoms with Crippen LogP contribution in [0, 0.1) is 12.7 Å². The summed E-state index contributed by atoms with van der Waals surface area (Å²) in [4.78, 5) is 14.9. The van der Waals surface area contributed by atoms with Crippen LogP contribution < -0.4 is 9.47 Å². The van der Waals surface area contributed by atoms with Crippen molar-refractivity contribution in [3.8, 4) is 11.5 Å². The number of ether oxygens (including phenoxy) is 2. The van der Waals surface area contributed by atoms with Crippen molar-refractivity contribution < 1.29 is 27.1 Å². The van der Waals surface area contributed by atoms with Gasteiger partial charge in [0.25, 0.3) is 0 Å². The number of benzene rings is 2. The summed E-state index contributed by atoms with van der Waals surface area (Å²) < 4.78 is 48.9. The van der Waals surface area contributed by atoms with E-state index < -0.39 is 9.84 Å². The molecule has 0 amide bonds. The molecule has 0 saturated carbocycles. The molecule has 1 saturated heterocycles. The van der Waals surface area contributed by atoms with Gasteiger partial charge in [0.15, 0.2) is 15.6 Å². The van der Waals surface area contributed by atoms with Crippen LogP contribution in [0.1, 0.15) is 33.5 Å². The van der Waals surface area contributed by atoms with Crippen LogP contribution in [0.15, 0.2) is 36.1 Å². The van der Waals surface area contributed by atoms with Crippen LogP contribution in [0.25, 0.3) is 6.08 Å². The van der Waals surface area contributed by atoms with E-state index in [9.17, 15) is 17.6 Å². The van der Waals surface area contributed by atoms with Gasteiger partial charge in [-0.2, -0.15) is 0 Å². The predicted octanol–water partition coefficient (Wildman–Crippen LogP) is 3.09. The minimum absolute atomic E-state index is 0.0768. The molecule has 8 heteroatoms. The smallest absolute Gasteiger partial charge is 0.231 e. The Kier molecular flexibility index (Phi) is 4.44. The van der Waals surface area contributed by atoms with E-state index in [4.69, 9.17) is 9.47 Å². The van der Waals surface area contributed by atoms with E-state index in [-0.39, 0.29) is 34.9 Å². The molecule has 0 aliphatic carbocycles. The highest BCUT2D eigenvalue weighted by Gasteiger charge is 2.37. The van der Waals surface area contributed by atoms with Gasteiger partial charge in [0.05, 0.1) is 17.1 Å². The van der Waals surface area contributed by atoms with Crippen LogP contribution in [0.3, 0.4) is 0 Å². The van der Waals surface area contributed by atoms with E-state index in [1.807, 2.05) is 11.8 Å². The SMILES string of the molecule is Cc1c2c(cc3c1O/C(=C/c1cccc(F)c1)C3=O)CN([C@@H]1CCS(=O)(=O)C1)CO2. The Balaban J connectivity index is 1.45. The molecule has 0 aromatic heterocycles. The van der Waals surface area contributed by atoms with E-state index in [0.717, 1.165) is 11.1 Å². The van der Waals surface area contributed by atoms with Gasteiger partial charge in [0.1, 0.15) is 24.0 Å². The second-order valence-corrected chi connectivity index (χ2v) is 10.2. The zero-order valence-electron chi connectivity index (χ0n) is 16.4. The van der Waals surface area contributed by atoms with E-state index in [1.165, 1.54) is 18.2 Å². The van der Waals surface area contributed by atoms with Crippen molar-refractivity contribution in [2.24, 2.45) is 0 Å². The summed E-state index contributed by atoms with van der Waals surface area (Å²) in [5, 5.41) is 0. The standard InChI is InChI=1S/C22H20FNO5S/c1-13-21-15(10-24(12-28-21)17-5-6-30(26,27)11-17)9-18-20(25)19(29-22(13)18)8-14-3-2-4-16(23)7-14/h2-4,7-9,17H,5-6,10-12H2,1H3/b19-8+/t17-/m1/s1. The van der Waals surface area contributed by atoms with Gasteiger partial charge in [-0.1, -0.05) is 12.1 Å². The second-order valence-electron chi connectivity index (χ2n) is 7.94. The highest BCUT2D eigenvalue weighted by molar-refractivity contribution is 7.91. The third-order valence-electron chi connectivity index (χ3n) is 5.84. The average Bonchev–Trinajstić information content (AvgIpc) is 3.22. The normalized spacial score (nSPS) is 23.7. The maximum absolute atomic E-state index is 13.5. The molecule has 1 fully saturated rings. The largest absolute Gasteiger partial charge is 0.477 e. The van der Waals surface area contributed by atoms with Gasteiger partial charge in [0, 0.05) is 23.7 Å². The lowest BCUT2D eigenvalue weighted by Crippen LogP contribution is -2.41. The maximum atomic E-state index is 13.5. The van der Waals surface area contributed by atoms with Crippen LogP contribution in [0.5, 0.6) is 11.5 Å². The predicted molar refractivity (Wildman–Crippen MR) is 109 cm³/mol. The Morgan fingerprint density at radius 2 is 2.07 bits per heavy atom. The molecule has 0 unspecified atom stereocenters. The van der Waals surface area contributed by atoms with Gasteiger partial charge >= 0.3 is 0 Å². The van der Waals surface area contributed by atoms with Crippen LogP contribution in [0.2, 0.25) is 0 Å². The summed E-state index contributed by atoms with van der Waals surface area (Å²) >= 11 is 0. The molecule has 1 atom stereocenters. The van der Waals surface area contributed by atoms with Crippen molar-refractivity contribution >= 4 is 21.7 Å². The lowest BCUT2D eigenvalue weighted by Gasteiger charge is -2.33. The fraction of sp³-hybridized carbons (Fsp3) is 0.318. The lowest BCUT2D eigenvalue weighted by atomic mass is 9.99. The highest BCUT2D eigenvalue weighted by Crippen LogP contribution is 2.43. The van der Waals surface area contributed by atoms with Gasteiger partial charge < -0.3 is 9.47 Å². The van der Waals surface area contributed by atoms with Crippen molar-refractivity contribution in [1.29, 1.82) is 0 Å². The minimum Gasteiger partial charge on any atom is -0.477 e. The molecule has 0 spiro atoms.